The molecule has 2 aromatic heterocycles. The normalized spacial score (nSPS) is 13.1. The molecule has 0 radical (unpaired) electrons. The number of nitrogens with zero attached hydrogens (tertiary/aromatic N) is 1. The number of hydrogen-bond acceptors (Lipinski definition) is 6. The number of amides is 1. The largest absolute Gasteiger partial charge is 0.497 e. The highest BCUT2D eigenvalue weighted by molar-refractivity contribution is 7.21. The Morgan fingerprint density at radius 1 is 1.16 bits per heavy atom. The zero-order valence-electron chi connectivity index (χ0n) is 17.0. The van der Waals surface area contributed by atoms with Crippen LogP contribution in [0.25, 0.3) is 21.3 Å². The Labute approximate surface area is 183 Å². The maximum Gasteiger partial charge on any atom is 0.267 e. The second-order valence-corrected chi connectivity index (χ2v) is 8.29. The number of nitrogens with two attached hydrogens (primary N) is 1. The lowest BCUT2D eigenvalue weighted by Gasteiger charge is -2.20. The second kappa shape index (κ2) is 8.02. The molecule has 0 bridgehead atoms. The van der Waals surface area contributed by atoms with Gasteiger partial charge in [-0.25, -0.2) is 4.98 Å². The molecule has 156 valence electrons. The number of nitrogen functional groups attached to an aromatic ring is 1. The van der Waals surface area contributed by atoms with E-state index in [1.807, 2.05) is 18.2 Å². The summed E-state index contributed by atoms with van der Waals surface area (Å²) in [5.74, 6) is 0.475. The van der Waals surface area contributed by atoms with Crippen molar-refractivity contribution in [2.75, 3.05) is 24.8 Å². The van der Waals surface area contributed by atoms with E-state index in [0.717, 1.165) is 44.8 Å². The van der Waals surface area contributed by atoms with E-state index in [1.54, 1.807) is 31.4 Å². The number of pyridine rings is 1. The molecule has 0 spiro atoms. The van der Waals surface area contributed by atoms with Crippen LogP contribution in [0.1, 0.15) is 20.9 Å². The maximum absolute atomic E-state index is 13.1. The molecule has 3 heterocycles. The first-order valence-corrected chi connectivity index (χ1v) is 10.8. The highest BCUT2D eigenvalue weighted by Gasteiger charge is 2.26. The number of rotatable bonds is 4. The van der Waals surface area contributed by atoms with Crippen molar-refractivity contribution >= 4 is 38.8 Å². The fourth-order valence-corrected chi connectivity index (χ4v) is 4.92. The molecule has 0 fully saturated rings. The summed E-state index contributed by atoms with van der Waals surface area (Å²) in [4.78, 5) is 19.2. The first kappa shape index (κ1) is 19.5. The Kier molecular flexibility index (Phi) is 5.05. The number of benzene rings is 2. The van der Waals surface area contributed by atoms with Gasteiger partial charge in [-0.05, 0) is 29.8 Å². The van der Waals surface area contributed by atoms with Crippen LogP contribution in [0.5, 0.6) is 5.75 Å². The minimum absolute atomic E-state index is 0.251. The Balaban J connectivity index is 1.62. The van der Waals surface area contributed by atoms with Crippen LogP contribution in [0, 0.1) is 0 Å². The van der Waals surface area contributed by atoms with Gasteiger partial charge in [0, 0.05) is 28.6 Å². The van der Waals surface area contributed by atoms with E-state index in [0.29, 0.717) is 29.5 Å². The molecular weight excluding hydrogens is 410 g/mol. The molecule has 31 heavy (non-hydrogen) atoms. The van der Waals surface area contributed by atoms with Gasteiger partial charge in [-0.15, -0.1) is 11.3 Å². The average Bonchev–Trinajstić information content (AvgIpc) is 3.14. The van der Waals surface area contributed by atoms with Gasteiger partial charge in [0.2, 0.25) is 0 Å². The minimum atomic E-state index is -0.251. The van der Waals surface area contributed by atoms with E-state index < -0.39 is 0 Å². The summed E-state index contributed by atoms with van der Waals surface area (Å²) < 4.78 is 10.9. The van der Waals surface area contributed by atoms with Crippen LogP contribution < -0.4 is 15.8 Å². The maximum atomic E-state index is 13.1. The number of methoxy groups -OCH3 is 1. The van der Waals surface area contributed by atoms with Crippen LogP contribution >= 0.6 is 11.3 Å². The van der Waals surface area contributed by atoms with Crippen LogP contribution in [-0.2, 0) is 17.8 Å². The molecular formula is C24H21N3O3S. The van der Waals surface area contributed by atoms with E-state index in [9.17, 15) is 4.79 Å². The summed E-state index contributed by atoms with van der Waals surface area (Å²) in [5.41, 5.74) is 11.8. The molecule has 1 aliphatic heterocycles. The van der Waals surface area contributed by atoms with Crippen molar-refractivity contribution in [3.63, 3.8) is 0 Å². The van der Waals surface area contributed by atoms with Gasteiger partial charge in [0.1, 0.15) is 15.5 Å². The molecule has 5 rings (SSSR count). The number of anilines is 2. The van der Waals surface area contributed by atoms with E-state index in [1.165, 1.54) is 11.3 Å². The molecule has 0 aliphatic carbocycles. The molecule has 6 nitrogen and oxygen atoms in total. The topological polar surface area (TPSA) is 86.5 Å². The van der Waals surface area contributed by atoms with Gasteiger partial charge in [-0.3, -0.25) is 4.79 Å². The van der Waals surface area contributed by atoms with Gasteiger partial charge in [0.25, 0.3) is 5.91 Å². The van der Waals surface area contributed by atoms with Crippen molar-refractivity contribution in [3.05, 3.63) is 70.7 Å². The van der Waals surface area contributed by atoms with Crippen molar-refractivity contribution < 1.29 is 14.3 Å². The number of fused-ring (bicyclic) bond motifs is 2. The van der Waals surface area contributed by atoms with E-state index in [2.05, 4.69) is 17.4 Å². The van der Waals surface area contributed by atoms with Crippen molar-refractivity contribution in [2.24, 2.45) is 0 Å². The number of ether oxygens (including phenoxy) is 2. The van der Waals surface area contributed by atoms with Gasteiger partial charge in [0.15, 0.2) is 0 Å². The summed E-state index contributed by atoms with van der Waals surface area (Å²) in [6, 6.07) is 17.3. The minimum Gasteiger partial charge on any atom is -0.497 e. The zero-order chi connectivity index (χ0) is 21.4. The second-order valence-electron chi connectivity index (χ2n) is 7.29. The van der Waals surface area contributed by atoms with Crippen LogP contribution in [-0.4, -0.2) is 24.6 Å². The predicted octanol–water partition coefficient (Wildman–Crippen LogP) is 4.88. The third-order valence-corrected chi connectivity index (χ3v) is 6.51. The Morgan fingerprint density at radius 2 is 1.94 bits per heavy atom. The summed E-state index contributed by atoms with van der Waals surface area (Å²) in [6.07, 6.45) is 0.746. The molecule has 1 amide bonds. The summed E-state index contributed by atoms with van der Waals surface area (Å²) in [5, 5.41) is 3.74. The monoisotopic (exact) mass is 431 g/mol. The smallest absolute Gasteiger partial charge is 0.267 e. The summed E-state index contributed by atoms with van der Waals surface area (Å²) in [6.45, 7) is 1.14. The fraction of sp³-hybridized carbons (Fsp3) is 0.167. The van der Waals surface area contributed by atoms with E-state index in [-0.39, 0.29) is 5.91 Å². The van der Waals surface area contributed by atoms with Gasteiger partial charge >= 0.3 is 0 Å². The molecule has 1 aliphatic rings. The van der Waals surface area contributed by atoms with Crippen molar-refractivity contribution in [3.8, 4) is 16.9 Å². The molecule has 0 saturated carbocycles. The van der Waals surface area contributed by atoms with Gasteiger partial charge < -0.3 is 20.5 Å². The first-order chi connectivity index (χ1) is 15.2. The number of carbonyl (C=O) groups excluding carboxylic acids is 1. The van der Waals surface area contributed by atoms with Gasteiger partial charge in [0.05, 0.1) is 31.7 Å². The highest BCUT2D eigenvalue weighted by Crippen LogP contribution is 2.43. The van der Waals surface area contributed by atoms with Crippen molar-refractivity contribution in [2.45, 2.75) is 13.0 Å². The average molecular weight is 432 g/mol. The Morgan fingerprint density at radius 3 is 2.68 bits per heavy atom. The number of nitrogens with one attached hydrogen (secondary N) is 1. The fourth-order valence-electron chi connectivity index (χ4n) is 3.90. The van der Waals surface area contributed by atoms with Gasteiger partial charge in [-0.2, -0.15) is 0 Å². The lowest BCUT2D eigenvalue weighted by Crippen LogP contribution is -2.13. The quantitative estimate of drug-likeness (QED) is 0.481. The number of hydrogen-bond donors (Lipinski definition) is 2. The number of carbonyl (C=O) groups is 1. The molecule has 2 aromatic carbocycles. The highest BCUT2D eigenvalue weighted by atomic mass is 32.1. The summed E-state index contributed by atoms with van der Waals surface area (Å²) >= 11 is 1.33. The van der Waals surface area contributed by atoms with Crippen LogP contribution in [0.3, 0.4) is 0 Å². The summed E-state index contributed by atoms with van der Waals surface area (Å²) in [7, 11) is 1.60. The third kappa shape index (κ3) is 3.52. The lowest BCUT2D eigenvalue weighted by molar-refractivity contribution is 0.103. The van der Waals surface area contributed by atoms with Crippen molar-refractivity contribution in [1.29, 1.82) is 0 Å². The predicted molar refractivity (Wildman–Crippen MR) is 124 cm³/mol. The lowest BCUT2D eigenvalue weighted by atomic mass is 9.94. The van der Waals surface area contributed by atoms with Gasteiger partial charge in [-0.1, -0.05) is 30.3 Å². The molecule has 7 heteroatoms. The van der Waals surface area contributed by atoms with Crippen LogP contribution in [0.15, 0.2) is 54.6 Å². The molecule has 0 atom stereocenters. The molecule has 4 aromatic rings. The number of aromatic nitrogens is 1. The Hall–Kier alpha value is -3.42. The molecule has 3 N–H and O–H groups in total. The molecule has 0 unspecified atom stereocenters. The third-order valence-electron chi connectivity index (χ3n) is 5.41. The first-order valence-electron chi connectivity index (χ1n) is 9.98. The van der Waals surface area contributed by atoms with Crippen molar-refractivity contribution in [1.82, 2.24) is 4.98 Å². The number of thiophene rings is 1. The molecule has 0 saturated heterocycles. The van der Waals surface area contributed by atoms with E-state index in [4.69, 9.17) is 20.2 Å². The SMILES string of the molecule is COc1ccc(NC(=O)c2sc3nc4c(c(-c5ccccc5)c3c2N)COCC4)cc1. The standard InChI is InChI=1S/C24H21N3O3S/c1-29-16-9-7-15(8-10-16)26-23(28)22-21(25)20-19(14-5-3-2-4-6-14)17-13-30-12-11-18(17)27-24(20)31-22/h2-10H,11-13,25H2,1H3,(H,26,28). The van der Waals surface area contributed by atoms with Crippen LogP contribution in [0.4, 0.5) is 11.4 Å². The zero-order valence-corrected chi connectivity index (χ0v) is 17.8. The van der Waals surface area contributed by atoms with Crippen LogP contribution in [0.2, 0.25) is 0 Å². The Bertz CT molecular complexity index is 1270. The van der Waals surface area contributed by atoms with E-state index >= 15 is 0 Å².